The molecular formula is C23H20ClF5N4O4S. The van der Waals surface area contributed by atoms with Gasteiger partial charge in [-0.05, 0) is 12.1 Å². The van der Waals surface area contributed by atoms with Crippen LogP contribution < -0.4 is 5.32 Å². The number of aliphatic imine (C=N–C) groups is 1. The molecule has 0 aliphatic carbocycles. The Hall–Kier alpha value is -3.10. The molecule has 2 aliphatic heterocycles. The summed E-state index contributed by atoms with van der Waals surface area (Å²) in [6.45, 7) is -0.752. The minimum Gasteiger partial charge on any atom is -0.480 e. The van der Waals surface area contributed by atoms with Gasteiger partial charge in [0.05, 0.1) is 19.2 Å². The summed E-state index contributed by atoms with van der Waals surface area (Å²) in [5.74, 6) is -9.79. The zero-order valence-electron chi connectivity index (χ0n) is 19.8. The maximum absolute atomic E-state index is 14.2. The molecule has 2 aromatic rings. The Morgan fingerprint density at radius 2 is 2.08 bits per heavy atom. The number of carbonyl (C=O) groups is 2. The van der Waals surface area contributed by atoms with Crippen molar-refractivity contribution in [3.8, 4) is 0 Å². The molecule has 1 saturated heterocycles. The number of nitrogens with one attached hydrogen (secondary N) is 1. The van der Waals surface area contributed by atoms with Crippen LogP contribution >= 0.6 is 22.9 Å². The monoisotopic (exact) mass is 578 g/mol. The van der Waals surface area contributed by atoms with Gasteiger partial charge in [0.1, 0.15) is 23.6 Å². The molecule has 8 nitrogen and oxygen atoms in total. The fourth-order valence-electron chi connectivity index (χ4n) is 4.21. The number of aliphatic carboxylic acids is 1. The highest BCUT2D eigenvalue weighted by molar-refractivity contribution is 7.11. The van der Waals surface area contributed by atoms with Gasteiger partial charge in [-0.15, -0.1) is 11.3 Å². The average Bonchev–Trinajstić information content (AvgIpc) is 3.43. The molecule has 1 aromatic carbocycles. The molecule has 0 bridgehead atoms. The minimum atomic E-state index is -3.31. The molecule has 1 fully saturated rings. The van der Waals surface area contributed by atoms with E-state index in [0.29, 0.717) is 6.92 Å². The number of aromatic nitrogens is 1. The van der Waals surface area contributed by atoms with E-state index in [9.17, 15) is 36.6 Å². The van der Waals surface area contributed by atoms with Crippen LogP contribution in [0.25, 0.3) is 0 Å². The lowest BCUT2D eigenvalue weighted by atomic mass is 9.95. The summed E-state index contributed by atoms with van der Waals surface area (Å²) in [5, 5.41) is 13.3. The van der Waals surface area contributed by atoms with Gasteiger partial charge in [0.15, 0.2) is 10.8 Å². The van der Waals surface area contributed by atoms with E-state index in [1.165, 1.54) is 6.07 Å². The van der Waals surface area contributed by atoms with Crippen molar-refractivity contribution in [2.75, 3.05) is 20.2 Å². The van der Waals surface area contributed by atoms with E-state index < -0.39 is 66.9 Å². The van der Waals surface area contributed by atoms with Gasteiger partial charge in [0.25, 0.3) is 11.8 Å². The van der Waals surface area contributed by atoms with Crippen LogP contribution in [0.15, 0.2) is 39.8 Å². The average molecular weight is 579 g/mol. The maximum atomic E-state index is 14.2. The number of benzene rings is 1. The maximum Gasteiger partial charge on any atom is 0.338 e. The van der Waals surface area contributed by atoms with Crippen molar-refractivity contribution in [2.24, 2.45) is 4.99 Å². The largest absolute Gasteiger partial charge is 0.480 e. The third-order valence-corrected chi connectivity index (χ3v) is 7.13. The number of amidine groups is 1. The van der Waals surface area contributed by atoms with Crippen molar-refractivity contribution in [2.45, 2.75) is 37.3 Å². The number of carboxylic acid groups (broad SMARTS) is 1. The standard InChI is InChI=1S/C23H20ClF5N4O4S/c1-22(26,27)15-8-38-19(31-15)18-30-13(7-33-9-23(28,29)6-14(33)20(34)35)16(21(36)37-2)17(32-18)11-4-3-10(25)5-12(11)24/h3-5,8,14,17H,6-7,9H2,1-2H3,(H,30,32)(H,34,35)/t14-,17-/m0/s1. The van der Waals surface area contributed by atoms with Crippen molar-refractivity contribution in [3.05, 3.63) is 62.0 Å². The minimum absolute atomic E-state index is 0.0206. The molecule has 0 saturated carbocycles. The summed E-state index contributed by atoms with van der Waals surface area (Å²) in [4.78, 5) is 33.9. The summed E-state index contributed by atoms with van der Waals surface area (Å²) in [5.41, 5.74) is -0.699. The number of methoxy groups -OCH3 is 1. The molecule has 2 atom stereocenters. The van der Waals surface area contributed by atoms with Crippen molar-refractivity contribution in [1.82, 2.24) is 15.2 Å². The highest BCUT2D eigenvalue weighted by atomic mass is 35.5. The van der Waals surface area contributed by atoms with Crippen LogP contribution in [0.5, 0.6) is 0 Å². The zero-order valence-corrected chi connectivity index (χ0v) is 21.3. The summed E-state index contributed by atoms with van der Waals surface area (Å²) in [6, 6.07) is 0.436. The number of rotatable bonds is 7. The SMILES string of the molecule is COC(=O)C1=C(CN2CC(F)(F)C[C@H]2C(=O)O)NC(c2nc(C(C)(F)F)cs2)=N[C@H]1c1ccc(F)cc1Cl. The number of hydrogen-bond donors (Lipinski definition) is 2. The van der Waals surface area contributed by atoms with Crippen LogP contribution in [0.3, 0.4) is 0 Å². The third-order valence-electron chi connectivity index (χ3n) is 5.96. The molecule has 15 heteroatoms. The number of carbonyl (C=O) groups excluding carboxylic acids is 1. The van der Waals surface area contributed by atoms with Gasteiger partial charge in [-0.25, -0.2) is 22.9 Å². The fourth-order valence-corrected chi connectivity index (χ4v) is 5.33. The van der Waals surface area contributed by atoms with Crippen LogP contribution in [-0.4, -0.2) is 64.9 Å². The second-order valence-electron chi connectivity index (χ2n) is 8.80. The van der Waals surface area contributed by atoms with E-state index in [2.05, 4.69) is 15.3 Å². The second kappa shape index (κ2) is 10.2. The van der Waals surface area contributed by atoms with Crippen molar-refractivity contribution < 1.29 is 41.4 Å². The molecule has 38 heavy (non-hydrogen) atoms. The number of thiazole rings is 1. The van der Waals surface area contributed by atoms with Crippen LogP contribution in [-0.2, 0) is 20.2 Å². The lowest BCUT2D eigenvalue weighted by Gasteiger charge is -2.30. The summed E-state index contributed by atoms with van der Waals surface area (Å²) >= 11 is 7.06. The Labute approximate surface area is 221 Å². The first-order chi connectivity index (χ1) is 17.7. The van der Waals surface area contributed by atoms with Crippen molar-refractivity contribution in [3.63, 3.8) is 0 Å². The fraction of sp³-hybridized carbons (Fsp3) is 0.391. The van der Waals surface area contributed by atoms with Gasteiger partial charge >= 0.3 is 11.9 Å². The molecule has 0 spiro atoms. The van der Waals surface area contributed by atoms with Gasteiger partial charge in [0, 0.05) is 41.6 Å². The normalized spacial score (nSPS) is 21.7. The highest BCUT2D eigenvalue weighted by Crippen LogP contribution is 2.39. The number of hydrogen-bond acceptors (Lipinski definition) is 8. The molecule has 0 amide bonds. The quantitative estimate of drug-likeness (QED) is 0.372. The number of esters is 1. The highest BCUT2D eigenvalue weighted by Gasteiger charge is 2.49. The Morgan fingerprint density at radius 3 is 2.66 bits per heavy atom. The molecule has 0 radical (unpaired) electrons. The number of alkyl halides is 4. The van der Waals surface area contributed by atoms with Gasteiger partial charge in [-0.2, -0.15) is 8.78 Å². The lowest BCUT2D eigenvalue weighted by molar-refractivity contribution is -0.142. The van der Waals surface area contributed by atoms with Gasteiger partial charge in [-0.3, -0.25) is 14.7 Å². The number of likely N-dealkylation sites (tertiary alicyclic amines) is 1. The van der Waals surface area contributed by atoms with Crippen LogP contribution in [0.2, 0.25) is 5.02 Å². The van der Waals surface area contributed by atoms with E-state index in [1.807, 2.05) is 0 Å². The predicted octanol–water partition coefficient (Wildman–Crippen LogP) is 4.36. The molecule has 4 rings (SSSR count). The first kappa shape index (κ1) is 27.9. The van der Waals surface area contributed by atoms with E-state index in [0.717, 1.165) is 40.9 Å². The molecule has 3 heterocycles. The topological polar surface area (TPSA) is 104 Å². The summed E-state index contributed by atoms with van der Waals surface area (Å²) in [7, 11) is 1.07. The molecule has 204 valence electrons. The van der Waals surface area contributed by atoms with Crippen molar-refractivity contribution in [1.29, 1.82) is 0 Å². The number of nitrogens with zero attached hydrogens (tertiary/aromatic N) is 3. The van der Waals surface area contributed by atoms with Crippen LogP contribution in [0, 0.1) is 5.82 Å². The Kier molecular flexibility index (Phi) is 7.51. The molecular weight excluding hydrogens is 559 g/mol. The Bertz CT molecular complexity index is 1340. The smallest absolute Gasteiger partial charge is 0.338 e. The van der Waals surface area contributed by atoms with E-state index in [-0.39, 0.29) is 32.7 Å². The Balaban J connectivity index is 1.86. The zero-order chi connectivity index (χ0) is 28.0. The number of carboxylic acids is 1. The number of ether oxygens (including phenoxy) is 1. The first-order valence-electron chi connectivity index (χ1n) is 11.0. The first-order valence-corrected chi connectivity index (χ1v) is 12.3. The summed E-state index contributed by atoms with van der Waals surface area (Å²) < 4.78 is 74.7. The third kappa shape index (κ3) is 5.66. The molecule has 2 aliphatic rings. The van der Waals surface area contributed by atoms with E-state index in [4.69, 9.17) is 16.3 Å². The molecule has 0 unspecified atom stereocenters. The van der Waals surface area contributed by atoms with Gasteiger partial charge < -0.3 is 15.2 Å². The molecule has 2 N–H and O–H groups in total. The van der Waals surface area contributed by atoms with E-state index in [1.54, 1.807) is 0 Å². The number of halogens is 6. The Morgan fingerprint density at radius 1 is 1.37 bits per heavy atom. The lowest BCUT2D eigenvalue weighted by Crippen LogP contribution is -2.43. The summed E-state index contributed by atoms with van der Waals surface area (Å²) in [6.07, 6.45) is -0.946. The van der Waals surface area contributed by atoms with E-state index >= 15 is 0 Å². The van der Waals surface area contributed by atoms with Crippen molar-refractivity contribution >= 4 is 40.7 Å². The molecule has 1 aromatic heterocycles. The van der Waals surface area contributed by atoms with Crippen LogP contribution in [0.4, 0.5) is 22.0 Å². The second-order valence-corrected chi connectivity index (χ2v) is 10.1. The van der Waals surface area contributed by atoms with Crippen LogP contribution in [0.1, 0.15) is 35.7 Å². The van der Waals surface area contributed by atoms with Gasteiger partial charge in [-0.1, -0.05) is 17.7 Å². The van der Waals surface area contributed by atoms with Gasteiger partial charge in [0.2, 0.25) is 0 Å². The predicted molar refractivity (Wildman–Crippen MR) is 127 cm³/mol.